The first kappa shape index (κ1) is 8.69. The first-order valence-corrected chi connectivity index (χ1v) is 5.51. The van der Waals surface area contributed by atoms with Crippen molar-refractivity contribution in [2.24, 2.45) is 0 Å². The van der Waals surface area contributed by atoms with Gasteiger partial charge in [-0.25, -0.2) is 0 Å². The van der Waals surface area contributed by atoms with Crippen LogP contribution in [0.3, 0.4) is 0 Å². The summed E-state index contributed by atoms with van der Waals surface area (Å²) in [6.07, 6.45) is 1.93. The summed E-state index contributed by atoms with van der Waals surface area (Å²) in [5.41, 5.74) is 0.630. The van der Waals surface area contributed by atoms with Crippen LogP contribution in [0.1, 0.15) is 24.3 Å². The summed E-state index contributed by atoms with van der Waals surface area (Å²) in [6, 6.07) is 6.29. The molecule has 1 aliphatic carbocycles. The van der Waals surface area contributed by atoms with Crippen LogP contribution in [0.2, 0.25) is 0 Å². The van der Waals surface area contributed by atoms with Crippen molar-refractivity contribution in [3.05, 3.63) is 29.8 Å². The Morgan fingerprint density at radius 1 is 1.23 bits per heavy atom. The number of hydrogen-bond acceptors (Lipinski definition) is 2. The molecule has 13 heavy (non-hydrogen) atoms. The Labute approximate surface area is 76.6 Å². The molecular formula is C9H9FO2S. The Morgan fingerprint density at radius 3 is 2.38 bits per heavy atom. The minimum atomic E-state index is -4.54. The molecule has 1 aromatic carbocycles. The molecule has 0 amide bonds. The maximum atomic E-state index is 12.7. The third kappa shape index (κ3) is 1.72. The van der Waals surface area contributed by atoms with Crippen LogP contribution in [-0.4, -0.2) is 8.42 Å². The van der Waals surface area contributed by atoms with Crippen molar-refractivity contribution in [2.75, 3.05) is 0 Å². The first-order chi connectivity index (χ1) is 6.09. The van der Waals surface area contributed by atoms with E-state index in [-0.39, 0.29) is 10.8 Å². The minimum Gasteiger partial charge on any atom is -0.189 e. The summed E-state index contributed by atoms with van der Waals surface area (Å²) in [5, 5.41) is 0. The van der Waals surface area contributed by atoms with Crippen LogP contribution in [0, 0.1) is 0 Å². The zero-order chi connectivity index (χ0) is 9.47. The van der Waals surface area contributed by atoms with Gasteiger partial charge in [0.2, 0.25) is 0 Å². The van der Waals surface area contributed by atoms with Gasteiger partial charge in [-0.2, -0.15) is 8.42 Å². The number of halogens is 1. The molecule has 2 nitrogen and oxygen atoms in total. The van der Waals surface area contributed by atoms with E-state index in [2.05, 4.69) is 0 Å². The van der Waals surface area contributed by atoms with E-state index in [1.54, 1.807) is 18.2 Å². The van der Waals surface area contributed by atoms with Crippen molar-refractivity contribution in [2.45, 2.75) is 23.7 Å². The number of benzene rings is 1. The molecule has 2 rings (SSSR count). The largest absolute Gasteiger partial charge is 0.332 e. The first-order valence-electron chi connectivity index (χ1n) is 4.12. The van der Waals surface area contributed by atoms with Gasteiger partial charge in [-0.3, -0.25) is 0 Å². The van der Waals surface area contributed by atoms with E-state index >= 15 is 0 Å². The van der Waals surface area contributed by atoms with Crippen molar-refractivity contribution in [3.63, 3.8) is 0 Å². The van der Waals surface area contributed by atoms with Gasteiger partial charge in [0.05, 0.1) is 0 Å². The van der Waals surface area contributed by atoms with Gasteiger partial charge >= 0.3 is 10.2 Å². The second kappa shape index (κ2) is 2.80. The summed E-state index contributed by atoms with van der Waals surface area (Å²) in [5.74, 6) is 0.252. The third-order valence-electron chi connectivity index (χ3n) is 2.20. The van der Waals surface area contributed by atoms with Gasteiger partial charge in [-0.05, 0) is 30.4 Å². The van der Waals surface area contributed by atoms with E-state index in [1.807, 2.05) is 0 Å². The van der Waals surface area contributed by atoms with Crippen LogP contribution in [0.15, 0.2) is 29.2 Å². The molecule has 1 saturated carbocycles. The second-order valence-electron chi connectivity index (χ2n) is 3.25. The Morgan fingerprint density at radius 2 is 1.85 bits per heavy atom. The fraction of sp³-hybridized carbons (Fsp3) is 0.333. The maximum absolute atomic E-state index is 12.7. The van der Waals surface area contributed by atoms with Crippen molar-refractivity contribution in [1.82, 2.24) is 0 Å². The van der Waals surface area contributed by atoms with Gasteiger partial charge in [0, 0.05) is 0 Å². The Bertz CT molecular complexity index is 421. The van der Waals surface area contributed by atoms with Crippen LogP contribution in [0.5, 0.6) is 0 Å². The van der Waals surface area contributed by atoms with Gasteiger partial charge in [0.1, 0.15) is 4.90 Å². The molecule has 0 unspecified atom stereocenters. The molecule has 0 saturated heterocycles. The maximum Gasteiger partial charge on any atom is 0.332 e. The predicted octanol–water partition coefficient (Wildman–Crippen LogP) is 2.22. The standard InChI is InChI=1S/C9H9FO2S/c10-13(11,12)9-4-2-1-3-8(9)7-5-6-7/h1-4,7H,5-6H2. The lowest BCUT2D eigenvalue weighted by molar-refractivity contribution is 0.551. The van der Waals surface area contributed by atoms with Crippen LogP contribution in [0.25, 0.3) is 0 Å². The lowest BCUT2D eigenvalue weighted by Crippen LogP contribution is -1.96. The SMILES string of the molecule is O=S(=O)(F)c1ccccc1C1CC1. The minimum absolute atomic E-state index is 0.155. The van der Waals surface area contributed by atoms with Gasteiger partial charge in [-0.15, -0.1) is 3.89 Å². The van der Waals surface area contributed by atoms with Crippen molar-refractivity contribution < 1.29 is 12.3 Å². The zero-order valence-electron chi connectivity index (χ0n) is 6.90. The van der Waals surface area contributed by atoms with Gasteiger partial charge in [-0.1, -0.05) is 18.2 Å². The van der Waals surface area contributed by atoms with E-state index in [1.165, 1.54) is 6.07 Å². The summed E-state index contributed by atoms with van der Waals surface area (Å²) in [6.45, 7) is 0. The van der Waals surface area contributed by atoms with Gasteiger partial charge < -0.3 is 0 Å². The molecule has 0 atom stereocenters. The highest BCUT2D eigenvalue weighted by Gasteiger charge is 2.29. The van der Waals surface area contributed by atoms with E-state index in [9.17, 15) is 12.3 Å². The highest BCUT2D eigenvalue weighted by Crippen LogP contribution is 2.42. The van der Waals surface area contributed by atoms with E-state index in [4.69, 9.17) is 0 Å². The Hall–Kier alpha value is -0.900. The number of rotatable bonds is 2. The van der Waals surface area contributed by atoms with Crippen LogP contribution in [0.4, 0.5) is 3.89 Å². The topological polar surface area (TPSA) is 34.1 Å². The summed E-state index contributed by atoms with van der Waals surface area (Å²) in [7, 11) is -4.54. The number of hydrogen-bond donors (Lipinski definition) is 0. The second-order valence-corrected chi connectivity index (χ2v) is 4.57. The summed E-state index contributed by atoms with van der Waals surface area (Å²) in [4.78, 5) is -0.155. The van der Waals surface area contributed by atoms with Crippen LogP contribution < -0.4 is 0 Å². The monoisotopic (exact) mass is 200 g/mol. The normalized spacial score (nSPS) is 17.3. The molecule has 0 aromatic heterocycles. The zero-order valence-corrected chi connectivity index (χ0v) is 7.72. The molecule has 4 heteroatoms. The fourth-order valence-corrected chi connectivity index (χ4v) is 2.19. The van der Waals surface area contributed by atoms with Gasteiger partial charge in [0.25, 0.3) is 0 Å². The smallest absolute Gasteiger partial charge is 0.189 e. The molecule has 0 aliphatic heterocycles. The van der Waals surface area contributed by atoms with Crippen molar-refractivity contribution >= 4 is 10.2 Å². The molecule has 70 valence electrons. The average molecular weight is 200 g/mol. The molecule has 1 aliphatic rings. The van der Waals surface area contributed by atoms with Crippen molar-refractivity contribution in [3.8, 4) is 0 Å². The lowest BCUT2D eigenvalue weighted by atomic mass is 10.1. The van der Waals surface area contributed by atoms with Crippen molar-refractivity contribution in [1.29, 1.82) is 0 Å². The molecule has 1 fully saturated rings. The van der Waals surface area contributed by atoms with E-state index in [0.717, 1.165) is 12.8 Å². The Balaban J connectivity index is 2.55. The molecular weight excluding hydrogens is 191 g/mol. The quantitative estimate of drug-likeness (QED) is 0.686. The lowest BCUT2D eigenvalue weighted by Gasteiger charge is -2.02. The average Bonchev–Trinajstić information content (AvgIpc) is 2.85. The fourth-order valence-electron chi connectivity index (χ4n) is 1.43. The molecule has 0 heterocycles. The molecule has 0 radical (unpaired) electrons. The predicted molar refractivity (Wildman–Crippen MR) is 46.7 cm³/mol. The summed E-state index contributed by atoms with van der Waals surface area (Å²) >= 11 is 0. The molecule has 0 bridgehead atoms. The van der Waals surface area contributed by atoms with E-state index in [0.29, 0.717) is 5.56 Å². The van der Waals surface area contributed by atoms with Crippen LogP contribution >= 0.6 is 0 Å². The molecule has 1 aromatic rings. The van der Waals surface area contributed by atoms with Gasteiger partial charge in [0.15, 0.2) is 0 Å². The van der Waals surface area contributed by atoms with Crippen LogP contribution in [-0.2, 0) is 10.2 Å². The molecule has 0 N–H and O–H groups in total. The Kier molecular flexibility index (Phi) is 1.87. The van der Waals surface area contributed by atoms with E-state index < -0.39 is 10.2 Å². The highest BCUT2D eigenvalue weighted by atomic mass is 32.3. The summed E-state index contributed by atoms with van der Waals surface area (Å²) < 4.78 is 34.2. The third-order valence-corrected chi connectivity index (χ3v) is 3.10. The molecule has 0 spiro atoms. The highest BCUT2D eigenvalue weighted by molar-refractivity contribution is 7.86.